The second kappa shape index (κ2) is 26.0. The molecule has 2 aromatic carbocycles. The lowest BCUT2D eigenvalue weighted by Gasteiger charge is -2.43. The summed E-state index contributed by atoms with van der Waals surface area (Å²) in [6.07, 6.45) is 7.93. The molecule has 0 spiro atoms. The molecule has 1 saturated carbocycles. The molecule has 9 nitrogen and oxygen atoms in total. The number of Topliss-reactive ketones (excluding diaryl/α,β-unsaturated/α-hetero) is 2. The highest BCUT2D eigenvalue weighted by molar-refractivity contribution is 6.75. The molecule has 2 aromatic rings. The first-order valence-corrected chi connectivity index (χ1v) is 36.1. The normalized spacial score (nSPS) is 21.7. The summed E-state index contributed by atoms with van der Waals surface area (Å²) in [7, 11) is -2.09. The van der Waals surface area contributed by atoms with E-state index in [4.69, 9.17) is 22.8 Å². The number of ketones is 2. The van der Waals surface area contributed by atoms with Crippen LogP contribution >= 0.6 is 0 Å². The fraction of sp³-hybridized carbons (Fsp3) is 0.721. The van der Waals surface area contributed by atoms with E-state index in [1.54, 1.807) is 21.1 Å². The Balaban J connectivity index is 0.000000349. The Bertz CT molecular complexity index is 2190. The zero-order valence-corrected chi connectivity index (χ0v) is 52.2. The highest BCUT2D eigenvalue weighted by Crippen LogP contribution is 2.53. The van der Waals surface area contributed by atoms with Crippen LogP contribution in [-0.4, -0.2) is 76.5 Å². The third kappa shape index (κ3) is 16.3. The number of ether oxygens (including phenoxy) is 3. The summed E-state index contributed by atoms with van der Waals surface area (Å²) in [5, 5.41) is 0.534. The average Bonchev–Trinajstić information content (AvgIpc) is 3.76. The smallest absolute Gasteiger partial charge is 0.302 e. The van der Waals surface area contributed by atoms with Gasteiger partial charge in [0, 0.05) is 44.5 Å². The Kier molecular flexibility index (Phi) is 22.9. The monoisotopic (exact) mass is 1060 g/mol. The minimum absolute atomic E-state index is 0. The molecule has 0 aliphatic heterocycles. The van der Waals surface area contributed by atoms with Crippen molar-refractivity contribution in [1.29, 1.82) is 0 Å². The highest BCUT2D eigenvalue weighted by Gasteiger charge is 2.48. The second-order valence-electron chi connectivity index (χ2n) is 26.3. The van der Waals surface area contributed by atoms with Crippen LogP contribution in [-0.2, 0) is 51.7 Å². The molecule has 4 aliphatic carbocycles. The Morgan fingerprint density at radius 2 is 1.21 bits per heavy atom. The average molecular weight is 1070 g/mol. The highest BCUT2D eigenvalue weighted by atomic mass is 28.4. The summed E-state index contributed by atoms with van der Waals surface area (Å²) in [5.41, 5.74) is 7.42. The second-order valence-corrected chi connectivity index (χ2v) is 40.7. The number of esters is 1. The Hall–Kier alpha value is -2.88. The van der Waals surface area contributed by atoms with E-state index in [-0.39, 0.29) is 46.5 Å². The molecule has 0 aromatic heterocycles. The van der Waals surface area contributed by atoms with Crippen molar-refractivity contribution in [2.75, 3.05) is 34.0 Å². The van der Waals surface area contributed by atoms with E-state index < -0.39 is 25.0 Å². The van der Waals surface area contributed by atoms with Crippen LogP contribution in [0.2, 0.25) is 54.4 Å². The zero-order valence-electron chi connectivity index (χ0n) is 49.2. The maximum Gasteiger partial charge on any atom is 0.302 e. The van der Waals surface area contributed by atoms with Gasteiger partial charge in [0.25, 0.3) is 0 Å². The number of fused-ring (bicyclic) bond motifs is 4. The molecule has 0 N–H and O–H groups in total. The molecule has 73 heavy (non-hydrogen) atoms. The topological polar surface area (TPSA) is 107 Å². The van der Waals surface area contributed by atoms with Crippen LogP contribution in [0.3, 0.4) is 0 Å². The fourth-order valence-corrected chi connectivity index (χ4v) is 13.6. The van der Waals surface area contributed by atoms with Crippen molar-refractivity contribution in [3.63, 3.8) is 0 Å². The maximum atomic E-state index is 13.5. The number of hydrogen-bond acceptors (Lipinski definition) is 9. The summed E-state index contributed by atoms with van der Waals surface area (Å²) >= 11 is 0. The first kappa shape index (κ1) is 64.4. The summed E-state index contributed by atoms with van der Waals surface area (Å²) in [6, 6.07) is 12.7. The van der Waals surface area contributed by atoms with Gasteiger partial charge in [0.15, 0.2) is 30.7 Å². The Labute approximate surface area is 448 Å². The SMILES string of the molecule is C.CCOC(C)=O.COc1cccc2c1C[C@H]1CC(=O)C(CC[C@@H](C)CO[Si](C)(C)C(C)(C)C)=C1[C@@H]2O[Si](C)(C)C(C)(C)C.COc1cccc2c1C[C@H]1CC(=O)C(CC[C@@H](C)CO[Si](C)(C)C(C)(C)C)[C@H]1C2. The third-order valence-corrected chi connectivity index (χ3v) is 31.3. The molecule has 12 heteroatoms. The molecule has 414 valence electrons. The maximum absolute atomic E-state index is 13.5. The molecule has 0 bridgehead atoms. The molecule has 4 aliphatic rings. The lowest BCUT2D eigenvalue weighted by Crippen LogP contribution is -2.43. The zero-order chi connectivity index (χ0) is 54.4. The van der Waals surface area contributed by atoms with Gasteiger partial charge >= 0.3 is 5.97 Å². The molecular formula is C61H104O9Si3. The van der Waals surface area contributed by atoms with Gasteiger partial charge < -0.3 is 27.5 Å². The van der Waals surface area contributed by atoms with Crippen molar-refractivity contribution < 1.29 is 41.9 Å². The number of carbonyl (C=O) groups excluding carboxylic acids is 3. The summed E-state index contributed by atoms with van der Waals surface area (Å²) in [4.78, 5) is 36.1. The predicted molar refractivity (Wildman–Crippen MR) is 310 cm³/mol. The minimum Gasteiger partial charge on any atom is -0.496 e. The molecule has 1 fully saturated rings. The number of hydrogen-bond donors (Lipinski definition) is 0. The quantitative estimate of drug-likeness (QED) is 0.113. The molecule has 0 radical (unpaired) electrons. The van der Waals surface area contributed by atoms with Gasteiger partial charge in [-0.2, -0.15) is 0 Å². The van der Waals surface area contributed by atoms with Crippen LogP contribution in [0.15, 0.2) is 47.5 Å². The van der Waals surface area contributed by atoms with Crippen molar-refractivity contribution >= 4 is 42.5 Å². The van der Waals surface area contributed by atoms with Gasteiger partial charge in [-0.3, -0.25) is 14.4 Å². The van der Waals surface area contributed by atoms with E-state index >= 15 is 0 Å². The Morgan fingerprint density at radius 1 is 0.685 bits per heavy atom. The molecule has 7 atom stereocenters. The van der Waals surface area contributed by atoms with Gasteiger partial charge in [0.1, 0.15) is 17.3 Å². The van der Waals surface area contributed by atoms with Gasteiger partial charge in [-0.25, -0.2) is 0 Å². The molecular weight excluding hydrogens is 961 g/mol. The van der Waals surface area contributed by atoms with Crippen LogP contribution in [0.5, 0.6) is 11.5 Å². The number of carbonyl (C=O) groups is 3. The number of allylic oxidation sites excluding steroid dienone is 1. The minimum atomic E-state index is -2.10. The van der Waals surface area contributed by atoms with Gasteiger partial charge in [-0.15, -0.1) is 0 Å². The molecule has 1 unspecified atom stereocenters. The largest absolute Gasteiger partial charge is 0.496 e. The number of methoxy groups -OCH3 is 2. The van der Waals surface area contributed by atoms with Crippen molar-refractivity contribution in [3.8, 4) is 11.5 Å². The van der Waals surface area contributed by atoms with Crippen molar-refractivity contribution in [1.82, 2.24) is 0 Å². The van der Waals surface area contributed by atoms with E-state index in [1.165, 1.54) is 34.8 Å². The van der Waals surface area contributed by atoms with Gasteiger partial charge in [-0.05, 0) is 176 Å². The lowest BCUT2D eigenvalue weighted by atomic mass is 9.73. The molecule has 0 heterocycles. The van der Waals surface area contributed by atoms with E-state index in [0.717, 1.165) is 81.7 Å². The molecule has 0 saturated heterocycles. The van der Waals surface area contributed by atoms with Gasteiger partial charge in [0.05, 0.1) is 26.9 Å². The van der Waals surface area contributed by atoms with E-state index in [1.807, 2.05) is 6.07 Å². The molecule has 6 rings (SSSR count). The van der Waals surface area contributed by atoms with Gasteiger partial charge in [0.2, 0.25) is 0 Å². The van der Waals surface area contributed by atoms with E-state index in [9.17, 15) is 14.4 Å². The van der Waals surface area contributed by atoms with Gasteiger partial charge in [-0.1, -0.05) is 108 Å². The van der Waals surface area contributed by atoms with Crippen LogP contribution in [0.25, 0.3) is 0 Å². The van der Waals surface area contributed by atoms with Crippen LogP contribution in [0.1, 0.15) is 164 Å². The molecule has 0 amide bonds. The van der Waals surface area contributed by atoms with Crippen molar-refractivity contribution in [2.24, 2.45) is 35.5 Å². The fourth-order valence-electron chi connectivity index (χ4n) is 10.1. The summed E-state index contributed by atoms with van der Waals surface area (Å²) in [6.45, 7) is 44.2. The standard InChI is InChI=1S/C31H52O4Si2.C25H40O3Si.C4H8O2.CH4/c1-21(20-34-36(9,10)30(2,3)4)16-17-24-26(32)19-22-18-25-23(14-13-15-27(25)33-8)29(28(22)24)35-37(11,12)31(5,6)7;1-17(16-28-29(6,7)25(2,3)4)11-12-20-21-13-18-9-8-10-24(27-5)22(18)14-19(21)15-23(20)26;1-3-6-4(2)5;/h13-15,21-22,29H,16-20H2,1-12H3;8-10,17,19-21H,11-16H2,1-7H3;3H2,1-2H3;1H4/t21-,22+,29-;17-,19+,20?,21+;;/m11../s1. The van der Waals surface area contributed by atoms with Crippen molar-refractivity contribution in [3.05, 3.63) is 69.8 Å². The summed E-state index contributed by atoms with van der Waals surface area (Å²) < 4.78 is 35.8. The first-order chi connectivity index (χ1) is 33.2. The Morgan fingerprint density at radius 3 is 1.70 bits per heavy atom. The van der Waals surface area contributed by atoms with Crippen LogP contribution in [0, 0.1) is 35.5 Å². The first-order valence-electron chi connectivity index (χ1n) is 27.4. The summed E-state index contributed by atoms with van der Waals surface area (Å²) in [5.74, 6) is 4.86. The third-order valence-electron chi connectivity index (χ3n) is 17.8. The van der Waals surface area contributed by atoms with Crippen LogP contribution in [0.4, 0.5) is 0 Å². The van der Waals surface area contributed by atoms with Crippen molar-refractivity contribution in [2.45, 2.75) is 216 Å². The van der Waals surface area contributed by atoms with E-state index in [2.05, 4.69) is 151 Å². The lowest BCUT2D eigenvalue weighted by molar-refractivity contribution is -0.140. The van der Waals surface area contributed by atoms with Crippen LogP contribution < -0.4 is 9.47 Å². The number of benzene rings is 2. The number of rotatable bonds is 17. The van der Waals surface area contributed by atoms with E-state index in [0.29, 0.717) is 48.3 Å². The predicted octanol–water partition coefficient (Wildman–Crippen LogP) is 15.9.